The molecule has 30 heavy (non-hydrogen) atoms. The lowest BCUT2D eigenvalue weighted by atomic mass is 10.2. The highest BCUT2D eigenvalue weighted by molar-refractivity contribution is 7.90. The molecule has 0 radical (unpaired) electrons. The predicted molar refractivity (Wildman–Crippen MR) is 104 cm³/mol. The minimum atomic E-state index is -4.24. The van der Waals surface area contributed by atoms with Crippen molar-refractivity contribution < 1.29 is 37.0 Å². The highest BCUT2D eigenvalue weighted by Gasteiger charge is 2.43. The van der Waals surface area contributed by atoms with Crippen LogP contribution in [-0.2, 0) is 19.6 Å². The van der Waals surface area contributed by atoms with Crippen LogP contribution in [0.15, 0.2) is 41.3 Å². The molecule has 0 unspecified atom stereocenters. The van der Waals surface area contributed by atoms with E-state index in [2.05, 4.69) is 10.1 Å². The first-order valence-corrected chi connectivity index (χ1v) is 9.98. The number of hydrogen-bond donors (Lipinski definition) is 1. The number of fused-ring (bicyclic) bond motifs is 1. The number of nitrogens with zero attached hydrogens (tertiary/aromatic N) is 1. The van der Waals surface area contributed by atoms with E-state index < -0.39 is 34.4 Å². The van der Waals surface area contributed by atoms with Gasteiger partial charge in [-0.3, -0.25) is 9.59 Å². The van der Waals surface area contributed by atoms with Gasteiger partial charge < -0.3 is 19.5 Å². The van der Waals surface area contributed by atoms with Gasteiger partial charge in [0.25, 0.3) is 15.9 Å². The fourth-order valence-electron chi connectivity index (χ4n) is 2.90. The summed E-state index contributed by atoms with van der Waals surface area (Å²) in [6.45, 7) is -0.723. The third-order valence-electron chi connectivity index (χ3n) is 4.39. The lowest BCUT2D eigenvalue weighted by Gasteiger charge is -2.15. The molecular formula is C19H18N2O8S. The molecule has 10 nitrogen and oxygen atoms in total. The van der Waals surface area contributed by atoms with E-state index in [0.29, 0.717) is 9.99 Å². The van der Waals surface area contributed by atoms with E-state index in [4.69, 9.17) is 9.47 Å². The van der Waals surface area contributed by atoms with Crippen molar-refractivity contribution in [2.24, 2.45) is 0 Å². The summed E-state index contributed by atoms with van der Waals surface area (Å²) in [6.07, 6.45) is 0. The number of sulfonamides is 1. The van der Waals surface area contributed by atoms with Crippen LogP contribution in [-0.4, -0.2) is 58.4 Å². The average molecular weight is 434 g/mol. The molecular weight excluding hydrogens is 416 g/mol. The topological polar surface area (TPSA) is 128 Å². The number of amides is 2. The molecule has 2 aromatic carbocycles. The lowest BCUT2D eigenvalue weighted by Crippen LogP contribution is -2.37. The van der Waals surface area contributed by atoms with E-state index in [-0.39, 0.29) is 27.5 Å². The number of carbonyl (C=O) groups excluding carboxylic acids is 3. The summed E-state index contributed by atoms with van der Waals surface area (Å²) in [6, 6.07) is 8.23. The maximum Gasteiger partial charge on any atom is 0.337 e. The minimum absolute atomic E-state index is 0.108. The van der Waals surface area contributed by atoms with Crippen LogP contribution in [0.3, 0.4) is 0 Å². The van der Waals surface area contributed by atoms with Crippen LogP contribution in [0.1, 0.15) is 20.7 Å². The molecule has 0 saturated carbocycles. The van der Waals surface area contributed by atoms with E-state index in [1.54, 1.807) is 0 Å². The molecule has 11 heteroatoms. The summed E-state index contributed by atoms with van der Waals surface area (Å²) < 4.78 is 40.8. The summed E-state index contributed by atoms with van der Waals surface area (Å²) in [5, 5.41) is 2.48. The second kappa shape index (κ2) is 8.03. The third-order valence-corrected chi connectivity index (χ3v) is 6.16. The molecule has 158 valence electrons. The normalized spacial score (nSPS) is 14.1. The Bertz CT molecular complexity index is 1130. The van der Waals surface area contributed by atoms with E-state index >= 15 is 0 Å². The van der Waals surface area contributed by atoms with Crippen LogP contribution in [0.2, 0.25) is 0 Å². The van der Waals surface area contributed by atoms with Crippen molar-refractivity contribution >= 4 is 33.5 Å². The van der Waals surface area contributed by atoms with Gasteiger partial charge in [0.15, 0.2) is 11.5 Å². The summed E-state index contributed by atoms with van der Waals surface area (Å²) >= 11 is 0. The number of carbonyl (C=O) groups is 3. The molecule has 0 aromatic heterocycles. The van der Waals surface area contributed by atoms with E-state index in [0.717, 1.165) is 0 Å². The first kappa shape index (κ1) is 21.1. The Morgan fingerprint density at radius 3 is 2.17 bits per heavy atom. The van der Waals surface area contributed by atoms with Gasteiger partial charge in [-0.05, 0) is 30.3 Å². The number of esters is 1. The highest BCUT2D eigenvalue weighted by atomic mass is 32.2. The van der Waals surface area contributed by atoms with Gasteiger partial charge in [0.05, 0.1) is 32.5 Å². The van der Waals surface area contributed by atoms with Gasteiger partial charge in [-0.25, -0.2) is 17.5 Å². The monoisotopic (exact) mass is 434 g/mol. The number of ether oxygens (including phenoxy) is 3. The van der Waals surface area contributed by atoms with Crippen molar-refractivity contribution in [3.63, 3.8) is 0 Å². The average Bonchev–Trinajstić information content (AvgIpc) is 2.92. The second-order valence-electron chi connectivity index (χ2n) is 6.14. The summed E-state index contributed by atoms with van der Waals surface area (Å²) in [5.74, 6) is -1.78. The Kier molecular flexibility index (Phi) is 5.65. The Balaban J connectivity index is 1.80. The number of hydrogen-bond acceptors (Lipinski definition) is 8. The van der Waals surface area contributed by atoms with Gasteiger partial charge >= 0.3 is 5.97 Å². The third kappa shape index (κ3) is 3.66. The van der Waals surface area contributed by atoms with Crippen molar-refractivity contribution in [2.75, 3.05) is 33.2 Å². The fraction of sp³-hybridized carbons (Fsp3) is 0.211. The van der Waals surface area contributed by atoms with Crippen molar-refractivity contribution in [1.29, 1.82) is 0 Å². The summed E-state index contributed by atoms with van der Waals surface area (Å²) in [4.78, 5) is 36.2. The Labute approximate surface area is 172 Å². The molecule has 0 bridgehead atoms. The second-order valence-corrected chi connectivity index (χ2v) is 7.97. The fourth-order valence-corrected chi connectivity index (χ4v) is 4.42. The van der Waals surface area contributed by atoms with Crippen LogP contribution in [0.5, 0.6) is 11.5 Å². The largest absolute Gasteiger partial charge is 0.493 e. The van der Waals surface area contributed by atoms with Crippen LogP contribution in [0.25, 0.3) is 0 Å². The number of methoxy groups -OCH3 is 3. The highest BCUT2D eigenvalue weighted by Crippen LogP contribution is 2.38. The zero-order valence-electron chi connectivity index (χ0n) is 16.3. The standard InChI is InChI=1S/C19H18N2O8S/c1-27-14-8-13-16(9-15(14)28-2)30(25,26)21(18(13)23)10-17(22)20-12-6-4-11(5-7-12)19(24)29-3/h4-9H,10H2,1-3H3,(H,20,22). The molecule has 0 atom stereocenters. The Morgan fingerprint density at radius 2 is 1.60 bits per heavy atom. The van der Waals surface area contributed by atoms with Gasteiger partial charge in [0.2, 0.25) is 5.91 Å². The number of rotatable bonds is 6. The molecule has 1 N–H and O–H groups in total. The van der Waals surface area contributed by atoms with Gasteiger partial charge in [-0.15, -0.1) is 0 Å². The number of nitrogens with one attached hydrogen (secondary N) is 1. The molecule has 0 aliphatic carbocycles. The minimum Gasteiger partial charge on any atom is -0.493 e. The van der Waals surface area contributed by atoms with Crippen molar-refractivity contribution in [1.82, 2.24) is 4.31 Å². The molecule has 3 rings (SSSR count). The predicted octanol–water partition coefficient (Wildman–Crippen LogP) is 1.27. The van der Waals surface area contributed by atoms with Crippen LogP contribution < -0.4 is 14.8 Å². The maximum atomic E-state index is 12.8. The number of anilines is 1. The molecule has 0 fully saturated rings. The molecule has 1 heterocycles. The molecule has 2 aromatic rings. The van der Waals surface area contributed by atoms with Crippen LogP contribution >= 0.6 is 0 Å². The van der Waals surface area contributed by atoms with Gasteiger partial charge in [0, 0.05) is 11.8 Å². The SMILES string of the molecule is COC(=O)c1ccc(NC(=O)CN2C(=O)c3cc(OC)c(OC)cc3S2(=O)=O)cc1. The van der Waals surface area contributed by atoms with Gasteiger partial charge in [-0.1, -0.05) is 0 Å². The first-order chi connectivity index (χ1) is 14.2. The summed E-state index contributed by atoms with van der Waals surface area (Å²) in [5.41, 5.74) is 0.492. The van der Waals surface area contributed by atoms with Gasteiger partial charge in [0.1, 0.15) is 11.4 Å². The molecule has 1 aliphatic heterocycles. The molecule has 2 amide bonds. The van der Waals surface area contributed by atoms with Crippen molar-refractivity contribution in [3.05, 3.63) is 47.5 Å². The molecule has 0 spiro atoms. The Morgan fingerprint density at radius 1 is 1.00 bits per heavy atom. The maximum absolute atomic E-state index is 12.8. The molecule has 1 aliphatic rings. The Hall–Kier alpha value is -3.60. The lowest BCUT2D eigenvalue weighted by molar-refractivity contribution is -0.116. The zero-order chi connectivity index (χ0) is 22.1. The number of benzene rings is 2. The molecule has 0 saturated heterocycles. The van der Waals surface area contributed by atoms with E-state index in [9.17, 15) is 22.8 Å². The summed E-state index contributed by atoms with van der Waals surface area (Å²) in [7, 11) is -0.297. The van der Waals surface area contributed by atoms with Gasteiger partial charge in [-0.2, -0.15) is 0 Å². The smallest absolute Gasteiger partial charge is 0.337 e. The van der Waals surface area contributed by atoms with Crippen molar-refractivity contribution in [2.45, 2.75) is 4.90 Å². The zero-order valence-corrected chi connectivity index (χ0v) is 17.1. The van der Waals surface area contributed by atoms with Crippen LogP contribution in [0, 0.1) is 0 Å². The van der Waals surface area contributed by atoms with Crippen LogP contribution in [0.4, 0.5) is 5.69 Å². The van der Waals surface area contributed by atoms with Crippen molar-refractivity contribution in [3.8, 4) is 11.5 Å². The first-order valence-electron chi connectivity index (χ1n) is 8.54. The van der Waals surface area contributed by atoms with E-state index in [1.165, 1.54) is 57.7 Å². The quantitative estimate of drug-likeness (QED) is 0.673. The van der Waals surface area contributed by atoms with E-state index in [1.807, 2.05) is 0 Å².